The van der Waals surface area contributed by atoms with Crippen LogP contribution in [0.5, 0.6) is 0 Å². The Morgan fingerprint density at radius 2 is 2.03 bits per heavy atom. The van der Waals surface area contributed by atoms with E-state index < -0.39 is 40.7 Å². The summed E-state index contributed by atoms with van der Waals surface area (Å²) >= 11 is 0. The van der Waals surface area contributed by atoms with E-state index in [1.165, 1.54) is 0 Å². The highest BCUT2D eigenvalue weighted by Gasteiger charge is 2.84. The number of hydrogen-bond donors (Lipinski definition) is 2. The molecule has 0 unspecified atom stereocenters. The number of carboxylic acid groups (broad SMARTS) is 1. The van der Waals surface area contributed by atoms with E-state index in [1.807, 2.05) is 20.8 Å². The number of allylic oxidation sites excluding steroid dienone is 1. The lowest BCUT2D eigenvalue weighted by molar-refractivity contribution is -0.268. The van der Waals surface area contributed by atoms with Crippen LogP contribution in [0.3, 0.4) is 0 Å². The lowest BCUT2D eigenvalue weighted by Gasteiger charge is -2.58. The Hall–Kier alpha value is -1.54. The van der Waals surface area contributed by atoms with Gasteiger partial charge in [0.1, 0.15) is 17.8 Å². The van der Waals surface area contributed by atoms with Gasteiger partial charge in [0.2, 0.25) is 0 Å². The Labute approximate surface area is 214 Å². The van der Waals surface area contributed by atoms with Crippen LogP contribution in [0.25, 0.3) is 0 Å². The summed E-state index contributed by atoms with van der Waals surface area (Å²) in [5.74, 6) is -0.0242. The largest absolute Gasteiger partial charge is 0.481 e. The van der Waals surface area contributed by atoms with Crippen molar-refractivity contribution in [1.82, 2.24) is 0 Å². The predicted octanol–water partition coefficient (Wildman–Crippen LogP) is 3.99. The van der Waals surface area contributed by atoms with Crippen LogP contribution in [0.1, 0.15) is 59.8 Å². The van der Waals surface area contributed by atoms with Crippen LogP contribution in [0.2, 0.25) is 0 Å². The second-order valence-electron chi connectivity index (χ2n) is 12.5. The molecular weight excluding hydrogens is 460 g/mol. The number of aliphatic hydroxyl groups is 1. The summed E-state index contributed by atoms with van der Waals surface area (Å²) in [5, 5.41) is 21.8. The zero-order valence-corrected chi connectivity index (χ0v) is 22.0. The molecular formula is C29H42O7. The molecule has 36 heavy (non-hydrogen) atoms. The van der Waals surface area contributed by atoms with Crippen molar-refractivity contribution in [3.05, 3.63) is 24.3 Å². The third-order valence-corrected chi connectivity index (χ3v) is 10.7. The molecule has 0 spiro atoms. The van der Waals surface area contributed by atoms with E-state index in [1.54, 1.807) is 6.08 Å². The van der Waals surface area contributed by atoms with Gasteiger partial charge in [0.15, 0.2) is 6.29 Å². The molecule has 1 saturated heterocycles. The van der Waals surface area contributed by atoms with Crippen LogP contribution < -0.4 is 0 Å². The number of aliphatic carboxylic acids is 1. The van der Waals surface area contributed by atoms with E-state index in [0.717, 1.165) is 31.1 Å². The maximum atomic E-state index is 13.5. The number of aliphatic hydroxyl groups excluding tert-OH is 1. The van der Waals surface area contributed by atoms with Gasteiger partial charge in [-0.25, -0.2) is 0 Å². The fourth-order valence-corrected chi connectivity index (χ4v) is 9.43. The average molecular weight is 503 g/mol. The zero-order valence-electron chi connectivity index (χ0n) is 22.0. The van der Waals surface area contributed by atoms with Crippen molar-refractivity contribution in [3.8, 4) is 0 Å². The topological polar surface area (TPSA) is 102 Å². The molecule has 7 heteroatoms. The normalized spacial score (nSPS) is 49.1. The van der Waals surface area contributed by atoms with Gasteiger partial charge in [-0.05, 0) is 55.8 Å². The number of carbonyl (C=O) groups is 2. The lowest BCUT2D eigenvalue weighted by Crippen LogP contribution is -2.63. The summed E-state index contributed by atoms with van der Waals surface area (Å²) in [6.45, 7) is 12.4. The molecule has 0 amide bonds. The SMILES string of the molecule is C=CCO[C@H]1[C@@H](O)C[C@H](OC[C@]23C[C@H]4[C@@H](C)CC[C@@H]4[C@]4(C=O)C[C@H]2C=C(C(C)C)[C@]34C(=O)O)O[C@@H]1C. The minimum absolute atomic E-state index is 0.0241. The van der Waals surface area contributed by atoms with E-state index in [2.05, 4.69) is 19.6 Å². The standard InChI is InChI=1S/C29H42O7/c1-6-9-34-25-18(5)36-24(11-23(25)31)35-15-28-13-20-17(4)7-8-21(20)27(14-30)12-19(28)10-22(16(2)3)29(27,28)26(32)33/h6,10,14,16-21,23-25,31H,1,7-9,11-13,15H2,2-5H3,(H,32,33)/t17-,18+,19+,20-,21-,23-,24+,25+,27+,28+,29+/m0/s1. The fourth-order valence-electron chi connectivity index (χ4n) is 9.43. The summed E-state index contributed by atoms with van der Waals surface area (Å²) in [6.07, 6.45) is 6.10. The Bertz CT molecular complexity index is 932. The fraction of sp³-hybridized carbons (Fsp3) is 0.793. The lowest BCUT2D eigenvalue weighted by atomic mass is 9.43. The zero-order chi connectivity index (χ0) is 26.0. The van der Waals surface area contributed by atoms with Crippen LogP contribution in [0.15, 0.2) is 24.3 Å². The average Bonchev–Trinajstić information content (AvgIpc) is 3.39. The summed E-state index contributed by atoms with van der Waals surface area (Å²) in [7, 11) is 0. The van der Waals surface area contributed by atoms with Crippen LogP contribution >= 0.6 is 0 Å². The first kappa shape index (κ1) is 26.1. The van der Waals surface area contributed by atoms with Gasteiger partial charge in [-0.1, -0.05) is 44.9 Å². The van der Waals surface area contributed by atoms with Gasteiger partial charge in [0.05, 0.1) is 30.8 Å². The van der Waals surface area contributed by atoms with Gasteiger partial charge < -0.3 is 29.2 Å². The van der Waals surface area contributed by atoms with Crippen molar-refractivity contribution >= 4 is 12.3 Å². The Morgan fingerprint density at radius 1 is 1.28 bits per heavy atom. The maximum absolute atomic E-state index is 13.5. The van der Waals surface area contributed by atoms with Gasteiger partial charge in [0.25, 0.3) is 0 Å². The smallest absolute Gasteiger partial charge is 0.315 e. The molecule has 3 saturated carbocycles. The number of carboxylic acids is 1. The van der Waals surface area contributed by atoms with Crippen molar-refractivity contribution in [2.24, 2.45) is 45.8 Å². The molecule has 11 atom stereocenters. The van der Waals surface area contributed by atoms with Gasteiger partial charge in [-0.2, -0.15) is 0 Å². The summed E-state index contributed by atoms with van der Waals surface area (Å²) in [4.78, 5) is 26.6. The van der Waals surface area contributed by atoms with Crippen LogP contribution in [-0.2, 0) is 23.8 Å². The van der Waals surface area contributed by atoms with Gasteiger partial charge in [-0.15, -0.1) is 6.58 Å². The van der Waals surface area contributed by atoms with Crippen molar-refractivity contribution in [2.75, 3.05) is 13.2 Å². The molecule has 5 rings (SSSR count). The monoisotopic (exact) mass is 502 g/mol. The number of aldehydes is 1. The van der Waals surface area contributed by atoms with Crippen LogP contribution in [0, 0.1) is 45.8 Å². The molecule has 5 aliphatic rings. The summed E-state index contributed by atoms with van der Waals surface area (Å²) in [6, 6.07) is 0. The maximum Gasteiger partial charge on any atom is 0.315 e. The summed E-state index contributed by atoms with van der Waals surface area (Å²) < 4.78 is 18.2. The van der Waals surface area contributed by atoms with Crippen LogP contribution in [0.4, 0.5) is 0 Å². The first-order valence-electron chi connectivity index (χ1n) is 13.7. The number of hydrogen-bond acceptors (Lipinski definition) is 6. The van der Waals surface area contributed by atoms with Gasteiger partial charge >= 0.3 is 5.97 Å². The van der Waals surface area contributed by atoms with Crippen LogP contribution in [-0.4, -0.2) is 60.3 Å². The number of fused-ring (bicyclic) bond motifs is 2. The van der Waals surface area contributed by atoms with E-state index in [-0.39, 0.29) is 36.9 Å². The Kier molecular flexibility index (Phi) is 6.55. The molecule has 0 aromatic rings. The van der Waals surface area contributed by atoms with Crippen molar-refractivity contribution < 1.29 is 34.0 Å². The van der Waals surface area contributed by atoms with Crippen molar-refractivity contribution in [2.45, 2.75) is 84.4 Å². The second kappa shape index (κ2) is 9.04. The molecule has 4 bridgehead atoms. The highest BCUT2D eigenvalue weighted by Crippen LogP contribution is 2.82. The molecule has 7 nitrogen and oxygen atoms in total. The number of carbonyl (C=O) groups excluding carboxylic acids is 1. The highest BCUT2D eigenvalue weighted by atomic mass is 16.7. The molecule has 4 aliphatic carbocycles. The second-order valence-corrected chi connectivity index (χ2v) is 12.5. The van der Waals surface area contributed by atoms with E-state index >= 15 is 0 Å². The Morgan fingerprint density at radius 3 is 2.64 bits per heavy atom. The predicted molar refractivity (Wildman–Crippen MR) is 133 cm³/mol. The van der Waals surface area contributed by atoms with Gasteiger partial charge in [-0.3, -0.25) is 4.79 Å². The Balaban J connectivity index is 1.49. The molecule has 1 aliphatic heterocycles. The third kappa shape index (κ3) is 3.18. The van der Waals surface area contributed by atoms with Crippen molar-refractivity contribution in [3.63, 3.8) is 0 Å². The molecule has 0 aromatic carbocycles. The third-order valence-electron chi connectivity index (χ3n) is 10.7. The molecule has 0 radical (unpaired) electrons. The van der Waals surface area contributed by atoms with E-state index in [9.17, 15) is 19.8 Å². The quantitative estimate of drug-likeness (QED) is 0.363. The minimum atomic E-state index is -1.26. The summed E-state index contributed by atoms with van der Waals surface area (Å²) in [5.41, 5.74) is -1.97. The molecule has 2 N–H and O–H groups in total. The number of ether oxygens (including phenoxy) is 3. The molecule has 0 aromatic heterocycles. The molecule has 1 heterocycles. The van der Waals surface area contributed by atoms with E-state index in [4.69, 9.17) is 14.2 Å². The van der Waals surface area contributed by atoms with Crippen molar-refractivity contribution in [1.29, 1.82) is 0 Å². The first-order chi connectivity index (χ1) is 17.1. The molecule has 4 fully saturated rings. The first-order valence-corrected chi connectivity index (χ1v) is 13.7. The highest BCUT2D eigenvalue weighted by molar-refractivity contribution is 5.90. The minimum Gasteiger partial charge on any atom is -0.481 e. The molecule has 200 valence electrons. The van der Waals surface area contributed by atoms with Gasteiger partial charge in [0, 0.05) is 11.8 Å². The number of rotatable bonds is 9. The van der Waals surface area contributed by atoms with E-state index in [0.29, 0.717) is 24.9 Å².